The van der Waals surface area contributed by atoms with Crippen molar-refractivity contribution in [2.24, 2.45) is 0 Å². The molecular weight excluding hydrogens is 345 g/mol. The van der Waals surface area contributed by atoms with E-state index in [1.807, 2.05) is 31.2 Å². The molecule has 2 aromatic carbocycles. The molecule has 27 heavy (non-hydrogen) atoms. The quantitative estimate of drug-likeness (QED) is 0.475. The lowest BCUT2D eigenvalue weighted by Crippen LogP contribution is -2.49. The number of nitrogens with one attached hydrogen (secondary N) is 1. The van der Waals surface area contributed by atoms with E-state index in [0.717, 1.165) is 22.1 Å². The van der Waals surface area contributed by atoms with Crippen molar-refractivity contribution in [2.75, 3.05) is 6.61 Å². The van der Waals surface area contributed by atoms with Gasteiger partial charge in [0.2, 0.25) is 5.91 Å². The fraction of sp³-hybridized carbons (Fsp3) is 0.250. The van der Waals surface area contributed by atoms with Gasteiger partial charge in [0.25, 0.3) is 0 Å². The minimum absolute atomic E-state index is 0.187. The zero-order chi connectivity index (χ0) is 19.4. The summed E-state index contributed by atoms with van der Waals surface area (Å²) >= 11 is 0. The number of hydrogen-bond acceptors (Lipinski definition) is 5. The van der Waals surface area contributed by atoms with E-state index in [2.05, 4.69) is 5.32 Å². The number of aliphatic hydroxyl groups excluding tert-OH is 1. The number of benzene rings is 2. The molecule has 2 atom stereocenters. The average Bonchev–Trinajstić information content (AvgIpc) is 3.07. The van der Waals surface area contributed by atoms with Gasteiger partial charge in [-0.25, -0.2) is 0 Å². The zero-order valence-corrected chi connectivity index (χ0v) is 15.0. The smallest absolute Gasteiger partial charge is 0.464 e. The number of aliphatic hydroxyl groups is 1. The Labute approximate surface area is 157 Å². The third-order valence-corrected chi connectivity index (χ3v) is 4.71. The van der Waals surface area contributed by atoms with Gasteiger partial charge in [0, 0.05) is 5.39 Å². The summed E-state index contributed by atoms with van der Waals surface area (Å²) in [5.74, 6) is -2.18. The van der Waals surface area contributed by atoms with Gasteiger partial charge in [-0.2, -0.15) is 0 Å². The first-order valence-corrected chi connectivity index (χ1v) is 8.79. The molecule has 4 N–H and O–H groups in total. The Hall–Kier alpha value is -2.61. The van der Waals surface area contributed by atoms with Crippen LogP contribution in [-0.4, -0.2) is 40.7 Å². The van der Waals surface area contributed by atoms with E-state index in [-0.39, 0.29) is 13.0 Å². The molecule has 0 aliphatic carbocycles. The van der Waals surface area contributed by atoms with Crippen molar-refractivity contribution in [2.45, 2.75) is 25.2 Å². The van der Waals surface area contributed by atoms with Crippen LogP contribution >= 0.6 is 0 Å². The van der Waals surface area contributed by atoms with Gasteiger partial charge in [-0.3, -0.25) is 4.79 Å². The number of para-hydroxylation sites is 1. The summed E-state index contributed by atoms with van der Waals surface area (Å²) in [7, 11) is -1.75. The van der Waals surface area contributed by atoms with E-state index in [0.29, 0.717) is 5.56 Å². The molecular formula is C20H22BNO5. The summed E-state index contributed by atoms with van der Waals surface area (Å²) < 4.78 is 5.59. The van der Waals surface area contributed by atoms with Crippen molar-refractivity contribution in [3.05, 3.63) is 71.5 Å². The van der Waals surface area contributed by atoms with Crippen molar-refractivity contribution >= 4 is 24.0 Å². The zero-order valence-electron chi connectivity index (χ0n) is 15.0. The van der Waals surface area contributed by atoms with E-state index in [1.165, 1.54) is 0 Å². The van der Waals surface area contributed by atoms with Crippen molar-refractivity contribution in [1.29, 1.82) is 0 Å². The maximum Gasteiger partial charge on any atom is 0.475 e. The van der Waals surface area contributed by atoms with Crippen molar-refractivity contribution in [3.63, 3.8) is 0 Å². The molecule has 0 spiro atoms. The molecule has 1 amide bonds. The van der Waals surface area contributed by atoms with Gasteiger partial charge in [0.15, 0.2) is 0 Å². The Kier molecular flexibility index (Phi) is 5.96. The first kappa shape index (κ1) is 19.2. The predicted molar refractivity (Wildman–Crippen MR) is 103 cm³/mol. The highest BCUT2D eigenvalue weighted by atomic mass is 16.4. The monoisotopic (exact) mass is 367 g/mol. The number of furan rings is 1. The third kappa shape index (κ3) is 4.22. The van der Waals surface area contributed by atoms with Gasteiger partial charge < -0.3 is 24.9 Å². The van der Waals surface area contributed by atoms with E-state index in [4.69, 9.17) is 4.42 Å². The lowest BCUT2D eigenvalue weighted by molar-refractivity contribution is -0.123. The maximum atomic E-state index is 12.6. The van der Waals surface area contributed by atoms with E-state index < -0.39 is 24.9 Å². The van der Waals surface area contributed by atoms with Gasteiger partial charge in [-0.1, -0.05) is 48.5 Å². The van der Waals surface area contributed by atoms with Crippen LogP contribution in [0.2, 0.25) is 0 Å². The largest absolute Gasteiger partial charge is 0.475 e. The number of carbonyl (C=O) groups is 1. The second-order valence-corrected chi connectivity index (χ2v) is 6.59. The van der Waals surface area contributed by atoms with E-state index >= 15 is 0 Å². The Morgan fingerprint density at radius 3 is 2.56 bits per heavy atom. The molecule has 0 radical (unpaired) electrons. The topological polar surface area (TPSA) is 103 Å². The summed E-state index contributed by atoms with van der Waals surface area (Å²) in [5.41, 5.74) is 3.15. The molecule has 1 aromatic heterocycles. The lowest BCUT2D eigenvalue weighted by atomic mass is 9.75. The second kappa shape index (κ2) is 8.39. The molecule has 0 aliphatic rings. The van der Waals surface area contributed by atoms with Crippen LogP contribution in [0.15, 0.2) is 59.2 Å². The van der Waals surface area contributed by atoms with Crippen molar-refractivity contribution in [3.8, 4) is 0 Å². The van der Waals surface area contributed by atoms with Crippen LogP contribution in [-0.2, 0) is 11.2 Å². The molecule has 6 nitrogen and oxygen atoms in total. The Balaban J connectivity index is 1.79. The molecule has 0 aliphatic heterocycles. The fourth-order valence-corrected chi connectivity index (χ4v) is 3.19. The fourth-order valence-electron chi connectivity index (χ4n) is 3.19. The maximum absolute atomic E-state index is 12.6. The molecule has 140 valence electrons. The van der Waals surface area contributed by atoms with Gasteiger partial charge in [-0.15, -0.1) is 0 Å². The summed E-state index contributed by atoms with van der Waals surface area (Å²) in [4.78, 5) is 12.6. The van der Waals surface area contributed by atoms with E-state index in [9.17, 15) is 19.9 Å². The summed E-state index contributed by atoms with van der Waals surface area (Å²) in [5, 5.41) is 32.7. The minimum atomic E-state index is -1.75. The average molecular weight is 367 g/mol. The van der Waals surface area contributed by atoms with Gasteiger partial charge in [0.1, 0.15) is 5.58 Å². The van der Waals surface area contributed by atoms with Crippen LogP contribution in [0.3, 0.4) is 0 Å². The number of amides is 1. The molecule has 1 unspecified atom stereocenters. The Bertz CT molecular complexity index is 909. The van der Waals surface area contributed by atoms with Crippen LogP contribution in [0.25, 0.3) is 11.0 Å². The van der Waals surface area contributed by atoms with Crippen LogP contribution in [0, 0.1) is 6.92 Å². The highest BCUT2D eigenvalue weighted by Gasteiger charge is 2.30. The molecule has 0 saturated carbocycles. The summed E-state index contributed by atoms with van der Waals surface area (Å²) in [6, 6.07) is 14.6. The van der Waals surface area contributed by atoms with Crippen molar-refractivity contribution in [1.82, 2.24) is 5.32 Å². The number of aryl methyl sites for hydroxylation is 1. The lowest BCUT2D eigenvalue weighted by Gasteiger charge is -2.21. The molecule has 0 bridgehead atoms. The molecule has 7 heteroatoms. The Morgan fingerprint density at radius 2 is 1.89 bits per heavy atom. The molecule has 0 fully saturated rings. The standard InChI is InChI=1S/C20H22BNO5/c1-13-6-5-9-16-15(12-27-19(13)16)10-18(21(25)26)22-20(24)17(11-23)14-7-3-2-4-8-14/h2-9,12,17-18,23,25-26H,10-11H2,1H3,(H,22,24)/t17-,18?/m1/s1. The first-order chi connectivity index (χ1) is 13.0. The van der Waals surface area contributed by atoms with Crippen LogP contribution in [0.1, 0.15) is 22.6 Å². The van der Waals surface area contributed by atoms with Gasteiger partial charge >= 0.3 is 7.12 Å². The minimum Gasteiger partial charge on any atom is -0.464 e. The SMILES string of the molecule is Cc1cccc2c(CC(NC(=O)[C@H](CO)c3ccccc3)B(O)O)coc12. The number of rotatable bonds is 7. The number of carbonyl (C=O) groups excluding carboxylic acids is 1. The molecule has 3 aromatic rings. The predicted octanol–water partition coefficient (Wildman–Crippen LogP) is 1.56. The Morgan fingerprint density at radius 1 is 1.15 bits per heavy atom. The van der Waals surface area contributed by atoms with Crippen LogP contribution in [0.5, 0.6) is 0 Å². The molecule has 0 saturated heterocycles. The third-order valence-electron chi connectivity index (χ3n) is 4.71. The normalized spacial score (nSPS) is 13.3. The first-order valence-electron chi connectivity index (χ1n) is 8.79. The number of fused-ring (bicyclic) bond motifs is 1. The van der Waals surface area contributed by atoms with Gasteiger partial charge in [-0.05, 0) is 30.0 Å². The van der Waals surface area contributed by atoms with Crippen LogP contribution in [0.4, 0.5) is 0 Å². The number of hydrogen-bond donors (Lipinski definition) is 4. The highest BCUT2D eigenvalue weighted by Crippen LogP contribution is 2.25. The second-order valence-electron chi connectivity index (χ2n) is 6.59. The summed E-state index contributed by atoms with van der Waals surface area (Å²) in [6.45, 7) is 1.55. The van der Waals surface area contributed by atoms with Gasteiger partial charge in [0.05, 0.1) is 24.7 Å². The highest BCUT2D eigenvalue weighted by molar-refractivity contribution is 6.43. The van der Waals surface area contributed by atoms with E-state index in [1.54, 1.807) is 30.5 Å². The molecule has 3 rings (SSSR count). The molecule has 1 heterocycles. The van der Waals surface area contributed by atoms with Crippen molar-refractivity contribution < 1.29 is 24.4 Å². The summed E-state index contributed by atoms with van der Waals surface area (Å²) in [6.07, 6.45) is 1.76. The van der Waals surface area contributed by atoms with Crippen LogP contribution < -0.4 is 5.32 Å².